The summed E-state index contributed by atoms with van der Waals surface area (Å²) in [7, 11) is 0. The third-order valence-electron chi connectivity index (χ3n) is 3.41. The number of nitrogens with zero attached hydrogens (tertiary/aromatic N) is 2. The van der Waals surface area contributed by atoms with E-state index in [-0.39, 0.29) is 0 Å². The highest BCUT2D eigenvalue weighted by molar-refractivity contribution is 5.80. The predicted octanol–water partition coefficient (Wildman–Crippen LogP) is 4.42. The lowest BCUT2D eigenvalue weighted by atomic mass is 10.1. The molecule has 96 valence electrons. The lowest BCUT2D eigenvalue weighted by Crippen LogP contribution is -1.99. The summed E-state index contributed by atoms with van der Waals surface area (Å²) < 4.78 is 2.32. The summed E-state index contributed by atoms with van der Waals surface area (Å²) in [5.41, 5.74) is 4.77. The number of benzene rings is 2. The van der Waals surface area contributed by atoms with Crippen molar-refractivity contribution in [1.82, 2.24) is 9.55 Å². The Kier molecular flexibility index (Phi) is 3.08. The largest absolute Gasteiger partial charge is 0.324 e. The van der Waals surface area contributed by atoms with E-state index in [9.17, 15) is 0 Å². The Morgan fingerprint density at radius 1 is 1.00 bits per heavy atom. The molecule has 0 saturated heterocycles. The van der Waals surface area contributed by atoms with E-state index in [0.29, 0.717) is 0 Å². The second-order valence-electron chi connectivity index (χ2n) is 4.94. The molecule has 0 aliphatic rings. The number of hydrogen-bond donors (Lipinski definition) is 0. The molecule has 0 unspecified atom stereocenters. The quantitative estimate of drug-likeness (QED) is 0.672. The highest BCUT2D eigenvalue weighted by Crippen LogP contribution is 2.25. The van der Waals surface area contributed by atoms with Gasteiger partial charge in [0.05, 0.1) is 11.0 Å². The molecule has 0 fully saturated rings. The Morgan fingerprint density at radius 2 is 1.74 bits per heavy atom. The fourth-order valence-electron chi connectivity index (χ4n) is 2.45. The topological polar surface area (TPSA) is 17.8 Å². The second kappa shape index (κ2) is 4.88. The van der Waals surface area contributed by atoms with E-state index in [1.54, 1.807) is 0 Å². The number of imidazole rings is 1. The molecule has 2 heteroatoms. The summed E-state index contributed by atoms with van der Waals surface area (Å²) in [5, 5.41) is 0. The third kappa shape index (κ3) is 2.14. The van der Waals surface area contributed by atoms with Crippen LogP contribution in [-0.2, 0) is 6.54 Å². The van der Waals surface area contributed by atoms with Crippen molar-refractivity contribution in [2.45, 2.75) is 26.8 Å². The first-order valence-corrected chi connectivity index (χ1v) is 6.82. The molecule has 0 saturated carbocycles. The molecule has 3 rings (SSSR count). The molecule has 2 nitrogen and oxygen atoms in total. The van der Waals surface area contributed by atoms with Gasteiger partial charge in [-0.2, -0.15) is 0 Å². The van der Waals surface area contributed by atoms with Crippen LogP contribution in [0.15, 0.2) is 48.5 Å². The minimum atomic E-state index is 1.00. The predicted molar refractivity (Wildman–Crippen MR) is 80.2 cm³/mol. The Hall–Kier alpha value is -2.09. The highest BCUT2D eigenvalue weighted by atomic mass is 15.1. The first-order valence-electron chi connectivity index (χ1n) is 6.82. The molecule has 3 aromatic rings. The molecule has 0 spiro atoms. The van der Waals surface area contributed by atoms with Crippen molar-refractivity contribution in [2.75, 3.05) is 0 Å². The van der Waals surface area contributed by atoms with Gasteiger partial charge in [-0.1, -0.05) is 48.9 Å². The van der Waals surface area contributed by atoms with Gasteiger partial charge in [-0.15, -0.1) is 0 Å². The van der Waals surface area contributed by atoms with E-state index in [1.165, 1.54) is 16.6 Å². The van der Waals surface area contributed by atoms with Crippen molar-refractivity contribution < 1.29 is 0 Å². The van der Waals surface area contributed by atoms with Crippen molar-refractivity contribution in [1.29, 1.82) is 0 Å². The van der Waals surface area contributed by atoms with E-state index < -0.39 is 0 Å². The Morgan fingerprint density at radius 3 is 2.47 bits per heavy atom. The standard InChI is InChI=1S/C17H18N2/c1-3-12-19-16-7-5-4-6-15(16)18-17(19)14-10-8-13(2)9-11-14/h4-11H,3,12H2,1-2H3. The third-order valence-corrected chi connectivity index (χ3v) is 3.41. The molecule has 1 heterocycles. The number of para-hydroxylation sites is 2. The van der Waals surface area contributed by atoms with Crippen molar-refractivity contribution in [2.24, 2.45) is 0 Å². The van der Waals surface area contributed by atoms with Gasteiger partial charge in [0.25, 0.3) is 0 Å². The summed E-state index contributed by atoms with van der Waals surface area (Å²) in [6.45, 7) is 5.32. The van der Waals surface area contributed by atoms with Crippen LogP contribution in [0.2, 0.25) is 0 Å². The zero-order valence-electron chi connectivity index (χ0n) is 11.4. The molecule has 0 atom stereocenters. The number of aromatic nitrogens is 2. The van der Waals surface area contributed by atoms with Gasteiger partial charge >= 0.3 is 0 Å². The van der Waals surface area contributed by atoms with Crippen molar-refractivity contribution in [3.05, 3.63) is 54.1 Å². The summed E-state index contributed by atoms with van der Waals surface area (Å²) in [4.78, 5) is 4.79. The SMILES string of the molecule is CCCn1c(-c2ccc(C)cc2)nc2ccccc21. The Labute approximate surface area is 113 Å². The van der Waals surface area contributed by atoms with E-state index in [1.807, 2.05) is 6.07 Å². The van der Waals surface area contributed by atoms with Gasteiger partial charge in [0.2, 0.25) is 0 Å². The van der Waals surface area contributed by atoms with Crippen molar-refractivity contribution in [3.63, 3.8) is 0 Å². The number of rotatable bonds is 3. The van der Waals surface area contributed by atoms with Gasteiger partial charge in [-0.3, -0.25) is 0 Å². The molecule has 2 aromatic carbocycles. The smallest absolute Gasteiger partial charge is 0.141 e. The van der Waals surface area contributed by atoms with E-state index in [2.05, 4.69) is 60.9 Å². The van der Waals surface area contributed by atoms with Crippen LogP contribution in [0.1, 0.15) is 18.9 Å². The van der Waals surface area contributed by atoms with Gasteiger partial charge in [-0.05, 0) is 25.5 Å². The zero-order chi connectivity index (χ0) is 13.2. The number of aryl methyl sites for hydroxylation is 2. The number of fused-ring (bicyclic) bond motifs is 1. The molecule has 0 N–H and O–H groups in total. The summed E-state index contributed by atoms with van der Waals surface area (Å²) in [6, 6.07) is 17.0. The zero-order valence-corrected chi connectivity index (χ0v) is 11.4. The molecule has 0 bridgehead atoms. The Balaban J connectivity index is 2.21. The summed E-state index contributed by atoms with van der Waals surface area (Å²) >= 11 is 0. The molecule has 1 aromatic heterocycles. The average molecular weight is 250 g/mol. The summed E-state index contributed by atoms with van der Waals surface area (Å²) in [6.07, 6.45) is 1.11. The van der Waals surface area contributed by atoms with Gasteiger partial charge in [-0.25, -0.2) is 4.98 Å². The first-order chi connectivity index (χ1) is 9.29. The van der Waals surface area contributed by atoms with Gasteiger partial charge in [0.1, 0.15) is 5.82 Å². The van der Waals surface area contributed by atoms with Gasteiger partial charge < -0.3 is 4.57 Å². The van der Waals surface area contributed by atoms with Crippen LogP contribution in [-0.4, -0.2) is 9.55 Å². The van der Waals surface area contributed by atoms with Crippen molar-refractivity contribution in [3.8, 4) is 11.4 Å². The number of hydrogen-bond acceptors (Lipinski definition) is 1. The molecule has 0 radical (unpaired) electrons. The van der Waals surface area contributed by atoms with Gasteiger partial charge in [0.15, 0.2) is 0 Å². The van der Waals surface area contributed by atoms with Crippen LogP contribution < -0.4 is 0 Å². The maximum absolute atomic E-state index is 4.79. The summed E-state index contributed by atoms with van der Waals surface area (Å²) in [5.74, 6) is 1.07. The molecule has 0 amide bonds. The highest BCUT2D eigenvalue weighted by Gasteiger charge is 2.11. The maximum Gasteiger partial charge on any atom is 0.141 e. The normalized spacial score (nSPS) is 11.1. The fraction of sp³-hybridized carbons (Fsp3) is 0.235. The maximum atomic E-state index is 4.79. The van der Waals surface area contributed by atoms with Crippen LogP contribution in [0, 0.1) is 6.92 Å². The second-order valence-corrected chi connectivity index (χ2v) is 4.94. The van der Waals surface area contributed by atoms with Crippen LogP contribution in [0.5, 0.6) is 0 Å². The Bertz CT molecular complexity index is 693. The van der Waals surface area contributed by atoms with Crippen molar-refractivity contribution >= 4 is 11.0 Å². The van der Waals surface area contributed by atoms with Crippen LogP contribution in [0.3, 0.4) is 0 Å². The first kappa shape index (κ1) is 12.0. The minimum Gasteiger partial charge on any atom is -0.324 e. The fourth-order valence-corrected chi connectivity index (χ4v) is 2.45. The van der Waals surface area contributed by atoms with Crippen LogP contribution >= 0.6 is 0 Å². The van der Waals surface area contributed by atoms with Crippen LogP contribution in [0.25, 0.3) is 22.4 Å². The molecule has 0 aliphatic heterocycles. The lowest BCUT2D eigenvalue weighted by molar-refractivity contribution is 0.704. The van der Waals surface area contributed by atoms with Crippen LogP contribution in [0.4, 0.5) is 0 Å². The molecule has 0 aliphatic carbocycles. The van der Waals surface area contributed by atoms with E-state index >= 15 is 0 Å². The lowest BCUT2D eigenvalue weighted by Gasteiger charge is -2.08. The van der Waals surface area contributed by atoms with Gasteiger partial charge in [0, 0.05) is 12.1 Å². The molecule has 19 heavy (non-hydrogen) atoms. The molecular formula is C17H18N2. The average Bonchev–Trinajstić information content (AvgIpc) is 2.79. The van der Waals surface area contributed by atoms with E-state index in [0.717, 1.165) is 24.3 Å². The monoisotopic (exact) mass is 250 g/mol. The van der Waals surface area contributed by atoms with E-state index in [4.69, 9.17) is 4.98 Å². The minimum absolute atomic E-state index is 1.00. The molecular weight excluding hydrogens is 232 g/mol.